The van der Waals surface area contributed by atoms with E-state index in [1.54, 1.807) is 31.0 Å². The van der Waals surface area contributed by atoms with Crippen LogP contribution in [0.25, 0.3) is 0 Å². The van der Waals surface area contributed by atoms with Gasteiger partial charge in [0.15, 0.2) is 0 Å². The van der Waals surface area contributed by atoms with E-state index >= 15 is 0 Å². The molecule has 0 spiro atoms. The molecule has 1 aromatic carbocycles. The molecule has 28 heavy (non-hydrogen) atoms. The minimum Gasteiger partial charge on any atom is -0.460 e. The van der Waals surface area contributed by atoms with E-state index in [0.717, 1.165) is 37.8 Å². The normalized spacial score (nSPS) is 19.1. The molecule has 144 valence electrons. The highest BCUT2D eigenvalue weighted by Gasteiger charge is 2.24. The molecule has 2 aromatic heterocycles. The van der Waals surface area contributed by atoms with Crippen molar-refractivity contribution in [1.29, 1.82) is 0 Å². The lowest BCUT2D eigenvalue weighted by molar-refractivity contribution is 0.0885. The van der Waals surface area contributed by atoms with Crippen molar-refractivity contribution in [3.8, 4) is 6.01 Å². The van der Waals surface area contributed by atoms with Crippen molar-refractivity contribution in [1.82, 2.24) is 24.8 Å². The maximum atomic E-state index is 12.5. The lowest BCUT2D eigenvalue weighted by atomic mass is 9.92. The van der Waals surface area contributed by atoms with Crippen molar-refractivity contribution in [2.75, 3.05) is 0 Å². The summed E-state index contributed by atoms with van der Waals surface area (Å²) in [7, 11) is 0. The van der Waals surface area contributed by atoms with Gasteiger partial charge in [-0.05, 0) is 49.4 Å². The molecular weight excluding hydrogens is 354 g/mol. The molecule has 0 aliphatic heterocycles. The summed E-state index contributed by atoms with van der Waals surface area (Å²) in [4.78, 5) is 24.8. The Bertz CT molecular complexity index is 873. The van der Waals surface area contributed by atoms with Crippen LogP contribution in [0, 0.1) is 0 Å². The van der Waals surface area contributed by atoms with Gasteiger partial charge in [0.05, 0.1) is 6.33 Å². The molecule has 0 radical (unpaired) electrons. The van der Waals surface area contributed by atoms with Crippen molar-refractivity contribution in [2.24, 2.45) is 0 Å². The summed E-state index contributed by atoms with van der Waals surface area (Å²) in [6, 6.07) is 10.1. The van der Waals surface area contributed by atoms with Crippen molar-refractivity contribution >= 4 is 5.91 Å². The minimum atomic E-state index is -0.0232. The zero-order valence-corrected chi connectivity index (χ0v) is 15.6. The van der Waals surface area contributed by atoms with Gasteiger partial charge in [-0.1, -0.05) is 12.1 Å². The van der Waals surface area contributed by atoms with E-state index in [4.69, 9.17) is 4.74 Å². The molecule has 2 heterocycles. The van der Waals surface area contributed by atoms with Gasteiger partial charge in [-0.15, -0.1) is 0 Å². The molecular formula is C21H23N5O2. The number of benzene rings is 1. The monoisotopic (exact) mass is 377 g/mol. The third kappa shape index (κ3) is 4.73. The van der Waals surface area contributed by atoms with Crippen molar-refractivity contribution < 1.29 is 9.53 Å². The molecule has 0 atom stereocenters. The van der Waals surface area contributed by atoms with Gasteiger partial charge in [-0.2, -0.15) is 0 Å². The number of carbonyl (C=O) groups excluding carboxylic acids is 1. The van der Waals surface area contributed by atoms with Crippen LogP contribution in [0.4, 0.5) is 0 Å². The van der Waals surface area contributed by atoms with Gasteiger partial charge in [-0.25, -0.2) is 15.0 Å². The zero-order valence-electron chi connectivity index (χ0n) is 15.6. The molecule has 0 unspecified atom stereocenters. The van der Waals surface area contributed by atoms with Crippen LogP contribution in [0.3, 0.4) is 0 Å². The van der Waals surface area contributed by atoms with E-state index in [2.05, 4.69) is 20.3 Å². The van der Waals surface area contributed by atoms with Gasteiger partial charge in [0.2, 0.25) is 0 Å². The Morgan fingerprint density at radius 3 is 2.50 bits per heavy atom. The van der Waals surface area contributed by atoms with Crippen LogP contribution < -0.4 is 10.1 Å². The fourth-order valence-corrected chi connectivity index (χ4v) is 3.44. The molecule has 7 heteroatoms. The summed E-state index contributed by atoms with van der Waals surface area (Å²) in [6.45, 7) is 0.747. The first kappa shape index (κ1) is 18.2. The van der Waals surface area contributed by atoms with Gasteiger partial charge < -0.3 is 14.6 Å². The number of ether oxygens (including phenoxy) is 1. The highest BCUT2D eigenvalue weighted by molar-refractivity contribution is 5.94. The first-order valence-corrected chi connectivity index (χ1v) is 9.55. The number of nitrogens with one attached hydrogen (secondary N) is 1. The van der Waals surface area contributed by atoms with E-state index < -0.39 is 0 Å². The number of nitrogens with zero attached hydrogens (tertiary/aromatic N) is 4. The summed E-state index contributed by atoms with van der Waals surface area (Å²) in [5.41, 5.74) is 1.82. The van der Waals surface area contributed by atoms with Gasteiger partial charge in [-0.3, -0.25) is 4.79 Å². The Balaban J connectivity index is 1.25. The Hall–Kier alpha value is -3.22. The first-order chi connectivity index (χ1) is 13.8. The van der Waals surface area contributed by atoms with Gasteiger partial charge >= 0.3 is 6.01 Å². The molecule has 1 N–H and O–H groups in total. The van der Waals surface area contributed by atoms with E-state index in [1.165, 1.54) is 0 Å². The molecule has 0 bridgehead atoms. The van der Waals surface area contributed by atoms with E-state index in [9.17, 15) is 4.79 Å². The van der Waals surface area contributed by atoms with E-state index in [-0.39, 0.29) is 18.1 Å². The summed E-state index contributed by atoms with van der Waals surface area (Å²) < 4.78 is 7.80. The van der Waals surface area contributed by atoms with E-state index in [1.807, 2.05) is 35.0 Å². The molecule has 3 aromatic rings. The number of carbonyl (C=O) groups is 1. The highest BCUT2D eigenvalue weighted by atomic mass is 16.5. The fourth-order valence-electron chi connectivity index (χ4n) is 3.44. The predicted octanol–water partition coefficient (Wildman–Crippen LogP) is 2.84. The molecule has 4 rings (SSSR count). The average molecular weight is 377 g/mol. The number of hydrogen-bond acceptors (Lipinski definition) is 5. The van der Waals surface area contributed by atoms with Gasteiger partial charge in [0.1, 0.15) is 6.10 Å². The van der Waals surface area contributed by atoms with Crippen LogP contribution in [0.15, 0.2) is 61.4 Å². The molecule has 1 aliphatic rings. The summed E-state index contributed by atoms with van der Waals surface area (Å²) in [6.07, 6.45) is 12.5. The topological polar surface area (TPSA) is 81.9 Å². The van der Waals surface area contributed by atoms with Crippen LogP contribution in [0.5, 0.6) is 6.01 Å². The van der Waals surface area contributed by atoms with Crippen molar-refractivity contribution in [3.63, 3.8) is 0 Å². The SMILES string of the molecule is O=C(NC1CCC(Oc2ncccn2)CC1)c1ccc(Cn2ccnc2)cc1. The molecule has 1 aliphatic carbocycles. The minimum absolute atomic E-state index is 0.0232. The molecule has 0 saturated heterocycles. The maximum absolute atomic E-state index is 12.5. The second-order valence-electron chi connectivity index (χ2n) is 7.03. The van der Waals surface area contributed by atoms with E-state index in [0.29, 0.717) is 11.6 Å². The molecule has 1 fully saturated rings. The Labute approximate surface area is 163 Å². The lowest BCUT2D eigenvalue weighted by Crippen LogP contribution is -2.39. The third-order valence-corrected chi connectivity index (χ3v) is 4.96. The first-order valence-electron chi connectivity index (χ1n) is 9.55. The average Bonchev–Trinajstić information content (AvgIpc) is 3.24. The third-order valence-electron chi connectivity index (χ3n) is 4.96. The fraction of sp³-hybridized carbons (Fsp3) is 0.333. The second-order valence-corrected chi connectivity index (χ2v) is 7.03. The number of hydrogen-bond donors (Lipinski definition) is 1. The summed E-state index contributed by atoms with van der Waals surface area (Å²) >= 11 is 0. The smallest absolute Gasteiger partial charge is 0.316 e. The number of aromatic nitrogens is 4. The van der Waals surface area contributed by atoms with Gasteiger partial charge in [0.25, 0.3) is 5.91 Å². The molecule has 7 nitrogen and oxygen atoms in total. The summed E-state index contributed by atoms with van der Waals surface area (Å²) in [5, 5.41) is 3.14. The Morgan fingerprint density at radius 1 is 1.07 bits per heavy atom. The molecule has 1 amide bonds. The number of amides is 1. The highest BCUT2D eigenvalue weighted by Crippen LogP contribution is 2.22. The predicted molar refractivity (Wildman–Crippen MR) is 104 cm³/mol. The second kappa shape index (κ2) is 8.65. The van der Waals surface area contributed by atoms with Crippen LogP contribution >= 0.6 is 0 Å². The van der Waals surface area contributed by atoms with Crippen molar-refractivity contribution in [3.05, 3.63) is 72.6 Å². The number of rotatable bonds is 6. The standard InChI is InChI=1S/C21H23N5O2/c27-20(17-4-2-16(3-5-17)14-26-13-12-22-15-26)25-18-6-8-19(9-7-18)28-21-23-10-1-11-24-21/h1-5,10-13,15,18-19H,6-9,14H2,(H,25,27). The Kier molecular flexibility index (Phi) is 5.61. The molecule has 1 saturated carbocycles. The Morgan fingerprint density at radius 2 is 1.82 bits per heavy atom. The van der Waals surface area contributed by atoms with Gasteiger partial charge in [0, 0.05) is 42.9 Å². The maximum Gasteiger partial charge on any atom is 0.316 e. The largest absolute Gasteiger partial charge is 0.460 e. The van der Waals surface area contributed by atoms with Crippen molar-refractivity contribution in [2.45, 2.75) is 44.4 Å². The van der Waals surface area contributed by atoms with Crippen LogP contribution in [0.2, 0.25) is 0 Å². The van der Waals surface area contributed by atoms with Crippen LogP contribution in [-0.2, 0) is 6.54 Å². The van der Waals surface area contributed by atoms with Crippen LogP contribution in [0.1, 0.15) is 41.6 Å². The zero-order chi connectivity index (χ0) is 19.2. The summed E-state index contributed by atoms with van der Waals surface area (Å²) in [5.74, 6) is -0.0232. The lowest BCUT2D eigenvalue weighted by Gasteiger charge is -2.28. The number of imidazole rings is 1. The van der Waals surface area contributed by atoms with Crippen LogP contribution in [-0.4, -0.2) is 37.6 Å². The quantitative estimate of drug-likeness (QED) is 0.714.